The van der Waals surface area contributed by atoms with Gasteiger partial charge in [-0.1, -0.05) is 19.3 Å². The Balaban J connectivity index is 1.84. The van der Waals surface area contributed by atoms with Crippen molar-refractivity contribution in [2.45, 2.75) is 75.1 Å². The highest BCUT2D eigenvalue weighted by molar-refractivity contribution is 7.90. The second kappa shape index (κ2) is 6.35. The highest BCUT2D eigenvalue weighted by Gasteiger charge is 2.30. The minimum absolute atomic E-state index is 0.131. The van der Waals surface area contributed by atoms with Crippen LogP contribution in [0.5, 0.6) is 0 Å². The molecule has 2 fully saturated rings. The van der Waals surface area contributed by atoms with Crippen LogP contribution in [0.4, 0.5) is 0 Å². The predicted molar refractivity (Wildman–Crippen MR) is 74.0 cm³/mol. The van der Waals surface area contributed by atoms with Crippen molar-refractivity contribution in [3.8, 4) is 0 Å². The van der Waals surface area contributed by atoms with Gasteiger partial charge in [0.05, 0.1) is 5.25 Å². The van der Waals surface area contributed by atoms with E-state index in [1.807, 2.05) is 7.05 Å². The third kappa shape index (κ3) is 3.68. The van der Waals surface area contributed by atoms with Gasteiger partial charge in [0, 0.05) is 12.1 Å². The van der Waals surface area contributed by atoms with E-state index in [2.05, 4.69) is 10.0 Å². The first-order valence-corrected chi connectivity index (χ1v) is 8.85. The molecule has 2 aliphatic rings. The van der Waals surface area contributed by atoms with E-state index < -0.39 is 10.0 Å². The van der Waals surface area contributed by atoms with Crippen LogP contribution >= 0.6 is 0 Å². The molecule has 0 aromatic rings. The summed E-state index contributed by atoms with van der Waals surface area (Å²) in [6.45, 7) is 0. The van der Waals surface area contributed by atoms with Gasteiger partial charge in [-0.2, -0.15) is 0 Å². The number of hydrogen-bond acceptors (Lipinski definition) is 3. The number of nitrogens with one attached hydrogen (secondary N) is 2. The SMILES string of the molecule is CNC1CCC(NS(=O)(=O)C2CCCCC2)CC1. The van der Waals surface area contributed by atoms with Gasteiger partial charge < -0.3 is 5.32 Å². The average Bonchev–Trinajstić information content (AvgIpc) is 2.40. The monoisotopic (exact) mass is 274 g/mol. The van der Waals surface area contributed by atoms with Gasteiger partial charge in [-0.15, -0.1) is 0 Å². The molecule has 2 N–H and O–H groups in total. The Hall–Kier alpha value is -0.130. The summed E-state index contributed by atoms with van der Waals surface area (Å²) < 4.78 is 27.5. The Bertz CT molecular complexity index is 342. The van der Waals surface area contributed by atoms with Crippen LogP contribution in [0, 0.1) is 0 Å². The molecule has 0 bridgehead atoms. The van der Waals surface area contributed by atoms with Crippen molar-refractivity contribution in [2.75, 3.05) is 7.05 Å². The lowest BCUT2D eigenvalue weighted by Crippen LogP contribution is -2.45. The van der Waals surface area contributed by atoms with Crippen molar-refractivity contribution < 1.29 is 8.42 Å². The molecule has 0 aromatic carbocycles. The van der Waals surface area contributed by atoms with Gasteiger partial charge in [0.25, 0.3) is 0 Å². The maximum absolute atomic E-state index is 12.3. The van der Waals surface area contributed by atoms with Crippen molar-refractivity contribution in [1.82, 2.24) is 10.0 Å². The summed E-state index contributed by atoms with van der Waals surface area (Å²) in [5.41, 5.74) is 0. The Morgan fingerprint density at radius 2 is 1.39 bits per heavy atom. The molecule has 0 radical (unpaired) electrons. The number of sulfonamides is 1. The minimum atomic E-state index is -3.08. The van der Waals surface area contributed by atoms with E-state index in [4.69, 9.17) is 0 Å². The largest absolute Gasteiger partial charge is 0.317 e. The van der Waals surface area contributed by atoms with E-state index in [0.29, 0.717) is 6.04 Å². The van der Waals surface area contributed by atoms with E-state index >= 15 is 0 Å². The van der Waals surface area contributed by atoms with Gasteiger partial charge in [-0.25, -0.2) is 13.1 Å². The number of rotatable bonds is 4. The standard InChI is InChI=1S/C13H26N2O2S/c1-14-11-7-9-12(10-8-11)15-18(16,17)13-5-3-2-4-6-13/h11-15H,2-10H2,1H3. The lowest BCUT2D eigenvalue weighted by Gasteiger charge is -2.30. The topological polar surface area (TPSA) is 58.2 Å². The third-order valence-corrected chi connectivity index (χ3v) is 6.47. The smallest absolute Gasteiger partial charge is 0.214 e. The van der Waals surface area contributed by atoms with Gasteiger partial charge in [-0.05, 0) is 45.6 Å². The fourth-order valence-corrected chi connectivity index (χ4v) is 5.05. The lowest BCUT2D eigenvalue weighted by atomic mass is 9.92. The molecule has 0 aromatic heterocycles. The molecule has 106 valence electrons. The zero-order chi connectivity index (χ0) is 13.0. The van der Waals surface area contributed by atoms with Gasteiger partial charge in [0.2, 0.25) is 10.0 Å². The van der Waals surface area contributed by atoms with E-state index in [9.17, 15) is 8.42 Å². The molecule has 0 aliphatic heterocycles. The quantitative estimate of drug-likeness (QED) is 0.821. The molecule has 0 amide bonds. The molecule has 5 heteroatoms. The molecular formula is C13H26N2O2S. The molecule has 18 heavy (non-hydrogen) atoms. The zero-order valence-corrected chi connectivity index (χ0v) is 12.1. The zero-order valence-electron chi connectivity index (χ0n) is 11.3. The van der Waals surface area contributed by atoms with Crippen molar-refractivity contribution in [3.63, 3.8) is 0 Å². The van der Waals surface area contributed by atoms with Crippen LogP contribution in [-0.2, 0) is 10.0 Å². The predicted octanol–water partition coefficient (Wildman–Crippen LogP) is 1.77. The lowest BCUT2D eigenvalue weighted by molar-refractivity contribution is 0.340. The first-order chi connectivity index (χ1) is 8.62. The highest BCUT2D eigenvalue weighted by Crippen LogP contribution is 2.25. The van der Waals surface area contributed by atoms with Crippen LogP contribution in [0.3, 0.4) is 0 Å². The molecule has 0 atom stereocenters. The molecule has 2 aliphatic carbocycles. The second-order valence-electron chi connectivity index (χ2n) is 5.76. The van der Waals surface area contributed by atoms with E-state index in [1.165, 1.54) is 6.42 Å². The Morgan fingerprint density at radius 3 is 1.94 bits per heavy atom. The van der Waals surface area contributed by atoms with Crippen LogP contribution in [0.25, 0.3) is 0 Å². The summed E-state index contributed by atoms with van der Waals surface area (Å²) >= 11 is 0. The Morgan fingerprint density at radius 1 is 0.833 bits per heavy atom. The van der Waals surface area contributed by atoms with Crippen LogP contribution < -0.4 is 10.0 Å². The third-order valence-electron chi connectivity index (χ3n) is 4.46. The summed E-state index contributed by atoms with van der Waals surface area (Å²) in [5.74, 6) is 0. The van der Waals surface area contributed by atoms with Crippen molar-refractivity contribution in [2.24, 2.45) is 0 Å². The van der Waals surface area contributed by atoms with E-state index in [1.54, 1.807) is 0 Å². The Labute approximate surface area is 111 Å². The maximum Gasteiger partial charge on any atom is 0.214 e. The normalized spacial score (nSPS) is 31.4. The van der Waals surface area contributed by atoms with Gasteiger partial charge >= 0.3 is 0 Å². The first kappa shape index (κ1) is 14.3. The summed E-state index contributed by atoms with van der Waals surface area (Å²) in [5, 5.41) is 3.14. The van der Waals surface area contributed by atoms with E-state index in [-0.39, 0.29) is 11.3 Å². The van der Waals surface area contributed by atoms with Gasteiger partial charge in [0.1, 0.15) is 0 Å². The van der Waals surface area contributed by atoms with Crippen molar-refractivity contribution in [1.29, 1.82) is 0 Å². The summed E-state index contributed by atoms with van der Waals surface area (Å²) in [6.07, 6.45) is 9.12. The Kier molecular flexibility index (Phi) is 5.04. The summed E-state index contributed by atoms with van der Waals surface area (Å²) in [4.78, 5) is 0. The molecule has 2 rings (SSSR count). The molecule has 0 spiro atoms. The number of hydrogen-bond donors (Lipinski definition) is 2. The maximum atomic E-state index is 12.3. The summed E-state index contributed by atoms with van der Waals surface area (Å²) in [7, 11) is -1.09. The fourth-order valence-electron chi connectivity index (χ4n) is 3.20. The molecule has 4 nitrogen and oxygen atoms in total. The first-order valence-electron chi connectivity index (χ1n) is 7.30. The average molecular weight is 274 g/mol. The van der Waals surface area contributed by atoms with Crippen LogP contribution in [0.15, 0.2) is 0 Å². The van der Waals surface area contributed by atoms with E-state index in [0.717, 1.165) is 51.4 Å². The molecule has 0 saturated heterocycles. The molecule has 0 heterocycles. The van der Waals surface area contributed by atoms with Crippen LogP contribution in [0.1, 0.15) is 57.8 Å². The fraction of sp³-hybridized carbons (Fsp3) is 1.00. The second-order valence-corrected chi connectivity index (χ2v) is 7.75. The molecule has 0 unspecified atom stereocenters. The van der Waals surface area contributed by atoms with Crippen molar-refractivity contribution in [3.05, 3.63) is 0 Å². The van der Waals surface area contributed by atoms with Gasteiger partial charge in [0.15, 0.2) is 0 Å². The molecule has 2 saturated carbocycles. The molecular weight excluding hydrogens is 248 g/mol. The van der Waals surface area contributed by atoms with Crippen LogP contribution in [0.2, 0.25) is 0 Å². The van der Waals surface area contributed by atoms with Gasteiger partial charge in [-0.3, -0.25) is 0 Å². The summed E-state index contributed by atoms with van der Waals surface area (Å²) in [6, 6.07) is 0.738. The van der Waals surface area contributed by atoms with Crippen molar-refractivity contribution >= 4 is 10.0 Å². The highest BCUT2D eigenvalue weighted by atomic mass is 32.2. The van der Waals surface area contributed by atoms with Crippen LogP contribution in [-0.4, -0.2) is 32.8 Å². The minimum Gasteiger partial charge on any atom is -0.317 e.